The van der Waals surface area contributed by atoms with E-state index in [4.69, 9.17) is 0 Å². The second kappa shape index (κ2) is 4.55. The fraction of sp³-hybridized carbons (Fsp3) is 0.615. The fourth-order valence-corrected chi connectivity index (χ4v) is 1.38. The van der Waals surface area contributed by atoms with Crippen LogP contribution in [0.1, 0.15) is 39.1 Å². The minimum Gasteiger partial charge on any atom is -0.481 e. The standard InChI is InChI=1S/C13H21N3O2/c1-8-7-14-9(2)10(15-8)16-13(5,6)12(3,4)11(17)18/h7H,1-6H3,(H,15,16)(H,17,18). The molecule has 1 rings (SSSR count). The van der Waals surface area contributed by atoms with E-state index in [9.17, 15) is 9.90 Å². The Morgan fingerprint density at radius 2 is 1.83 bits per heavy atom. The van der Waals surface area contributed by atoms with Crippen LogP contribution in [0.15, 0.2) is 6.20 Å². The molecule has 0 aliphatic rings. The summed E-state index contributed by atoms with van der Waals surface area (Å²) in [6.45, 7) is 10.8. The number of aromatic nitrogens is 2. The van der Waals surface area contributed by atoms with Crippen LogP contribution in [0.5, 0.6) is 0 Å². The van der Waals surface area contributed by atoms with E-state index in [2.05, 4.69) is 15.3 Å². The normalized spacial score (nSPS) is 12.3. The van der Waals surface area contributed by atoms with Crippen LogP contribution in [0, 0.1) is 19.3 Å². The van der Waals surface area contributed by atoms with Crippen LogP contribution in [0.25, 0.3) is 0 Å². The third kappa shape index (κ3) is 2.60. The molecular formula is C13H21N3O2. The fourth-order valence-electron chi connectivity index (χ4n) is 1.38. The van der Waals surface area contributed by atoms with Gasteiger partial charge in [0.2, 0.25) is 0 Å². The lowest BCUT2D eigenvalue weighted by Gasteiger charge is -2.39. The molecule has 0 atom stereocenters. The molecule has 0 saturated carbocycles. The summed E-state index contributed by atoms with van der Waals surface area (Å²) in [6, 6.07) is 0. The van der Waals surface area contributed by atoms with Gasteiger partial charge in [-0.25, -0.2) is 4.98 Å². The van der Waals surface area contributed by atoms with Gasteiger partial charge < -0.3 is 10.4 Å². The molecule has 0 fully saturated rings. The molecule has 18 heavy (non-hydrogen) atoms. The summed E-state index contributed by atoms with van der Waals surface area (Å²) in [4.78, 5) is 19.9. The van der Waals surface area contributed by atoms with Crippen LogP contribution in [0.4, 0.5) is 5.82 Å². The number of aryl methyl sites for hydroxylation is 2. The number of nitrogens with one attached hydrogen (secondary N) is 1. The predicted molar refractivity (Wildman–Crippen MR) is 70.6 cm³/mol. The number of hydrogen-bond donors (Lipinski definition) is 2. The van der Waals surface area contributed by atoms with Gasteiger partial charge in [0.1, 0.15) is 5.82 Å². The van der Waals surface area contributed by atoms with Crippen LogP contribution in [0.3, 0.4) is 0 Å². The van der Waals surface area contributed by atoms with Gasteiger partial charge in [-0.3, -0.25) is 9.78 Å². The van der Waals surface area contributed by atoms with Gasteiger partial charge in [-0.2, -0.15) is 0 Å². The highest BCUT2D eigenvalue weighted by Gasteiger charge is 2.43. The Labute approximate surface area is 108 Å². The van der Waals surface area contributed by atoms with E-state index in [1.54, 1.807) is 20.0 Å². The summed E-state index contributed by atoms with van der Waals surface area (Å²) in [5, 5.41) is 12.5. The Balaban J connectivity index is 3.09. The number of carbonyl (C=O) groups is 1. The lowest BCUT2D eigenvalue weighted by Crippen LogP contribution is -2.51. The molecule has 0 aliphatic carbocycles. The van der Waals surface area contributed by atoms with Gasteiger partial charge in [-0.15, -0.1) is 0 Å². The zero-order valence-electron chi connectivity index (χ0n) is 11.8. The quantitative estimate of drug-likeness (QED) is 0.859. The van der Waals surface area contributed by atoms with Crippen LogP contribution in [-0.2, 0) is 4.79 Å². The van der Waals surface area contributed by atoms with Gasteiger partial charge in [-0.05, 0) is 41.5 Å². The van der Waals surface area contributed by atoms with Crippen molar-refractivity contribution in [2.45, 2.75) is 47.1 Å². The molecule has 0 aromatic carbocycles. The summed E-state index contributed by atoms with van der Waals surface area (Å²) in [6.07, 6.45) is 1.69. The van der Waals surface area contributed by atoms with Gasteiger partial charge in [0.05, 0.1) is 16.8 Å². The third-order valence-electron chi connectivity index (χ3n) is 3.60. The molecule has 5 nitrogen and oxygen atoms in total. The number of anilines is 1. The first kappa shape index (κ1) is 14.4. The van der Waals surface area contributed by atoms with Crippen molar-refractivity contribution in [2.24, 2.45) is 5.41 Å². The molecule has 0 saturated heterocycles. The molecule has 5 heteroatoms. The third-order valence-corrected chi connectivity index (χ3v) is 3.60. The lowest BCUT2D eigenvalue weighted by molar-refractivity contribution is -0.149. The summed E-state index contributed by atoms with van der Waals surface area (Å²) in [5.41, 5.74) is -0.0152. The van der Waals surface area contributed by atoms with E-state index in [-0.39, 0.29) is 0 Å². The number of nitrogens with zero attached hydrogens (tertiary/aromatic N) is 2. The zero-order chi connectivity index (χ0) is 14.1. The molecule has 0 amide bonds. The van der Waals surface area contributed by atoms with Crippen LogP contribution in [0.2, 0.25) is 0 Å². The number of rotatable bonds is 4. The van der Waals surface area contributed by atoms with Crippen molar-refractivity contribution in [1.29, 1.82) is 0 Å². The van der Waals surface area contributed by atoms with Crippen molar-refractivity contribution in [3.63, 3.8) is 0 Å². The predicted octanol–water partition coefficient (Wildman–Crippen LogP) is 2.39. The highest BCUT2D eigenvalue weighted by molar-refractivity contribution is 5.76. The second-order valence-corrected chi connectivity index (χ2v) is 5.63. The van der Waals surface area contributed by atoms with Crippen molar-refractivity contribution in [1.82, 2.24) is 9.97 Å². The topological polar surface area (TPSA) is 75.1 Å². The Hall–Kier alpha value is -1.65. The summed E-state index contributed by atoms with van der Waals surface area (Å²) in [5.74, 6) is -0.215. The van der Waals surface area contributed by atoms with Crippen molar-refractivity contribution >= 4 is 11.8 Å². The minimum absolute atomic E-state index is 0.634. The smallest absolute Gasteiger partial charge is 0.311 e. The van der Waals surface area contributed by atoms with E-state index >= 15 is 0 Å². The first-order valence-corrected chi connectivity index (χ1v) is 5.90. The molecule has 100 valence electrons. The van der Waals surface area contributed by atoms with Crippen molar-refractivity contribution in [3.8, 4) is 0 Å². The number of carboxylic acid groups (broad SMARTS) is 1. The van der Waals surface area contributed by atoms with E-state index in [0.29, 0.717) is 5.82 Å². The molecular weight excluding hydrogens is 230 g/mol. The molecule has 0 spiro atoms. The molecule has 2 N–H and O–H groups in total. The van der Waals surface area contributed by atoms with E-state index in [1.807, 2.05) is 27.7 Å². The largest absolute Gasteiger partial charge is 0.481 e. The van der Waals surface area contributed by atoms with Crippen LogP contribution in [-0.4, -0.2) is 26.6 Å². The Morgan fingerprint density at radius 1 is 1.28 bits per heavy atom. The van der Waals surface area contributed by atoms with E-state index in [1.165, 1.54) is 0 Å². The summed E-state index contributed by atoms with van der Waals surface area (Å²) < 4.78 is 0. The Kier molecular flexibility index (Phi) is 3.64. The van der Waals surface area contributed by atoms with Gasteiger partial charge in [0.15, 0.2) is 0 Å². The SMILES string of the molecule is Cc1cnc(C)c(NC(C)(C)C(C)(C)C(=O)O)n1. The molecule has 1 heterocycles. The molecule has 0 radical (unpaired) electrons. The maximum absolute atomic E-state index is 11.3. The van der Waals surface area contributed by atoms with Crippen LogP contribution < -0.4 is 5.32 Å². The molecule has 0 aliphatic heterocycles. The number of aliphatic carboxylic acids is 1. The first-order chi connectivity index (χ1) is 8.08. The molecule has 1 aromatic rings. The van der Waals surface area contributed by atoms with Crippen molar-refractivity contribution in [3.05, 3.63) is 17.6 Å². The maximum Gasteiger partial charge on any atom is 0.311 e. The second-order valence-electron chi connectivity index (χ2n) is 5.63. The average molecular weight is 251 g/mol. The summed E-state index contributed by atoms with van der Waals surface area (Å²) >= 11 is 0. The van der Waals surface area contributed by atoms with Crippen molar-refractivity contribution < 1.29 is 9.90 Å². The molecule has 0 unspecified atom stereocenters. The number of hydrogen-bond acceptors (Lipinski definition) is 4. The molecule has 0 bridgehead atoms. The highest BCUT2D eigenvalue weighted by atomic mass is 16.4. The Morgan fingerprint density at radius 3 is 2.33 bits per heavy atom. The van der Waals surface area contributed by atoms with Gasteiger partial charge in [0, 0.05) is 11.7 Å². The Bertz CT molecular complexity index is 467. The van der Waals surface area contributed by atoms with Gasteiger partial charge in [0.25, 0.3) is 0 Å². The van der Waals surface area contributed by atoms with Gasteiger partial charge in [-0.1, -0.05) is 0 Å². The monoisotopic (exact) mass is 251 g/mol. The van der Waals surface area contributed by atoms with E-state index < -0.39 is 16.9 Å². The zero-order valence-corrected chi connectivity index (χ0v) is 11.8. The van der Waals surface area contributed by atoms with Crippen LogP contribution >= 0.6 is 0 Å². The van der Waals surface area contributed by atoms with Crippen molar-refractivity contribution in [2.75, 3.05) is 5.32 Å². The van der Waals surface area contributed by atoms with E-state index in [0.717, 1.165) is 11.4 Å². The number of carboxylic acids is 1. The first-order valence-electron chi connectivity index (χ1n) is 5.90. The summed E-state index contributed by atoms with van der Waals surface area (Å²) in [7, 11) is 0. The minimum atomic E-state index is -0.926. The maximum atomic E-state index is 11.3. The lowest BCUT2D eigenvalue weighted by atomic mass is 9.74. The highest BCUT2D eigenvalue weighted by Crippen LogP contribution is 2.33. The van der Waals surface area contributed by atoms with Gasteiger partial charge >= 0.3 is 5.97 Å². The average Bonchev–Trinajstić information content (AvgIpc) is 2.22. The molecule has 1 aromatic heterocycles.